The number of piperazine rings is 1. The normalized spacial score (nSPS) is 17.1. The minimum absolute atomic E-state index is 1.01. The van der Waals surface area contributed by atoms with Crippen LogP contribution in [0.15, 0.2) is 22.7 Å². The average Bonchev–Trinajstić information content (AvgIpc) is 2.35. The largest absolute Gasteiger partial charge is 0.384 e. The summed E-state index contributed by atoms with van der Waals surface area (Å²) in [5, 5.41) is 6.84. The van der Waals surface area contributed by atoms with E-state index < -0.39 is 0 Å². The zero-order chi connectivity index (χ0) is 12.1. The Kier molecular flexibility index (Phi) is 4.83. The van der Waals surface area contributed by atoms with Crippen molar-refractivity contribution in [3.05, 3.63) is 28.2 Å². The summed E-state index contributed by atoms with van der Waals surface area (Å²) in [4.78, 5) is 2.49. The van der Waals surface area contributed by atoms with Gasteiger partial charge in [-0.25, -0.2) is 0 Å². The molecular formula is C13H20BrN3. The molecule has 1 aliphatic rings. The van der Waals surface area contributed by atoms with Gasteiger partial charge in [0.05, 0.1) is 0 Å². The number of aryl methyl sites for hydroxylation is 1. The summed E-state index contributed by atoms with van der Waals surface area (Å²) in [5.74, 6) is 0. The Hall–Kier alpha value is -0.580. The van der Waals surface area contributed by atoms with Crippen LogP contribution in [0.3, 0.4) is 0 Å². The molecule has 4 heteroatoms. The molecule has 1 saturated heterocycles. The summed E-state index contributed by atoms with van der Waals surface area (Å²) in [6.07, 6.45) is 0. The molecular weight excluding hydrogens is 278 g/mol. The first kappa shape index (κ1) is 12.9. The third-order valence-electron chi connectivity index (χ3n) is 3.14. The lowest BCUT2D eigenvalue weighted by atomic mass is 10.2. The first-order chi connectivity index (χ1) is 8.25. The van der Waals surface area contributed by atoms with Crippen molar-refractivity contribution < 1.29 is 0 Å². The van der Waals surface area contributed by atoms with Crippen LogP contribution in [-0.2, 0) is 0 Å². The van der Waals surface area contributed by atoms with Crippen molar-refractivity contribution in [3.63, 3.8) is 0 Å². The molecule has 1 fully saturated rings. The number of anilines is 1. The summed E-state index contributed by atoms with van der Waals surface area (Å²) >= 11 is 3.56. The summed E-state index contributed by atoms with van der Waals surface area (Å²) in [6.45, 7) is 8.81. The van der Waals surface area contributed by atoms with Crippen LogP contribution in [0.2, 0.25) is 0 Å². The lowest BCUT2D eigenvalue weighted by molar-refractivity contribution is 0.249. The second kappa shape index (κ2) is 6.38. The molecule has 1 aromatic carbocycles. The van der Waals surface area contributed by atoms with E-state index in [0.717, 1.165) is 26.2 Å². The highest BCUT2D eigenvalue weighted by molar-refractivity contribution is 9.10. The van der Waals surface area contributed by atoms with E-state index in [1.807, 2.05) is 0 Å². The van der Waals surface area contributed by atoms with Crippen LogP contribution < -0.4 is 10.6 Å². The molecule has 0 atom stereocenters. The maximum atomic E-state index is 3.56. The number of benzene rings is 1. The van der Waals surface area contributed by atoms with Gasteiger partial charge in [-0.05, 0) is 24.6 Å². The van der Waals surface area contributed by atoms with E-state index in [9.17, 15) is 0 Å². The van der Waals surface area contributed by atoms with Crippen LogP contribution in [0.25, 0.3) is 0 Å². The maximum Gasteiger partial charge on any atom is 0.0352 e. The standard InChI is InChI=1S/C13H20BrN3/c1-11-2-3-12(10-13(11)14)16-6-9-17-7-4-15-5-8-17/h2-3,10,15-16H,4-9H2,1H3. The second-order valence-electron chi connectivity index (χ2n) is 4.48. The van der Waals surface area contributed by atoms with Crippen LogP contribution >= 0.6 is 15.9 Å². The molecule has 1 heterocycles. The van der Waals surface area contributed by atoms with Crippen LogP contribution in [-0.4, -0.2) is 44.2 Å². The van der Waals surface area contributed by atoms with Gasteiger partial charge in [0.2, 0.25) is 0 Å². The van der Waals surface area contributed by atoms with E-state index in [-0.39, 0.29) is 0 Å². The molecule has 0 amide bonds. The van der Waals surface area contributed by atoms with Crippen LogP contribution in [0.4, 0.5) is 5.69 Å². The molecule has 0 aliphatic carbocycles. The lowest BCUT2D eigenvalue weighted by Crippen LogP contribution is -2.45. The number of rotatable bonds is 4. The van der Waals surface area contributed by atoms with E-state index in [4.69, 9.17) is 0 Å². The monoisotopic (exact) mass is 297 g/mol. The first-order valence-electron chi connectivity index (χ1n) is 6.19. The Morgan fingerprint density at radius 1 is 1.35 bits per heavy atom. The Balaban J connectivity index is 1.75. The van der Waals surface area contributed by atoms with Gasteiger partial charge in [-0.3, -0.25) is 4.90 Å². The van der Waals surface area contributed by atoms with Crippen molar-refractivity contribution in [2.75, 3.05) is 44.6 Å². The molecule has 1 aliphatic heterocycles. The third-order valence-corrected chi connectivity index (χ3v) is 3.99. The highest BCUT2D eigenvalue weighted by Crippen LogP contribution is 2.20. The van der Waals surface area contributed by atoms with Crippen molar-refractivity contribution in [1.29, 1.82) is 0 Å². The number of nitrogens with zero attached hydrogens (tertiary/aromatic N) is 1. The zero-order valence-electron chi connectivity index (χ0n) is 10.3. The van der Waals surface area contributed by atoms with Crippen LogP contribution in [0, 0.1) is 6.92 Å². The number of hydrogen-bond donors (Lipinski definition) is 2. The minimum atomic E-state index is 1.01. The van der Waals surface area contributed by atoms with E-state index in [2.05, 4.69) is 56.6 Å². The average molecular weight is 298 g/mol. The molecule has 0 unspecified atom stereocenters. The molecule has 0 radical (unpaired) electrons. The van der Waals surface area contributed by atoms with Gasteiger partial charge < -0.3 is 10.6 Å². The van der Waals surface area contributed by atoms with Crippen LogP contribution in [0.1, 0.15) is 5.56 Å². The number of hydrogen-bond acceptors (Lipinski definition) is 3. The maximum absolute atomic E-state index is 3.56. The first-order valence-corrected chi connectivity index (χ1v) is 6.98. The van der Waals surface area contributed by atoms with Gasteiger partial charge in [-0.2, -0.15) is 0 Å². The highest BCUT2D eigenvalue weighted by Gasteiger charge is 2.08. The SMILES string of the molecule is Cc1ccc(NCCN2CCNCC2)cc1Br. The molecule has 2 rings (SSSR count). The van der Waals surface area contributed by atoms with Gasteiger partial charge in [-0.1, -0.05) is 22.0 Å². The van der Waals surface area contributed by atoms with Gasteiger partial charge in [0.1, 0.15) is 0 Å². The predicted molar refractivity (Wildman–Crippen MR) is 76.7 cm³/mol. The van der Waals surface area contributed by atoms with Crippen molar-refractivity contribution in [2.45, 2.75) is 6.92 Å². The van der Waals surface area contributed by atoms with Gasteiger partial charge in [-0.15, -0.1) is 0 Å². The van der Waals surface area contributed by atoms with Crippen LogP contribution in [0.5, 0.6) is 0 Å². The molecule has 2 N–H and O–H groups in total. The van der Waals surface area contributed by atoms with Crippen molar-refractivity contribution in [3.8, 4) is 0 Å². The van der Waals surface area contributed by atoms with Crippen molar-refractivity contribution in [1.82, 2.24) is 10.2 Å². The Morgan fingerprint density at radius 3 is 2.82 bits per heavy atom. The Bertz CT molecular complexity index is 362. The summed E-state index contributed by atoms with van der Waals surface area (Å²) in [7, 11) is 0. The summed E-state index contributed by atoms with van der Waals surface area (Å²) in [5.41, 5.74) is 2.47. The molecule has 0 aromatic heterocycles. The van der Waals surface area contributed by atoms with Crippen molar-refractivity contribution >= 4 is 21.6 Å². The third kappa shape index (κ3) is 3.98. The number of halogens is 1. The molecule has 0 saturated carbocycles. The topological polar surface area (TPSA) is 27.3 Å². The quantitative estimate of drug-likeness (QED) is 0.891. The zero-order valence-corrected chi connectivity index (χ0v) is 11.9. The highest BCUT2D eigenvalue weighted by atomic mass is 79.9. The lowest BCUT2D eigenvalue weighted by Gasteiger charge is -2.27. The van der Waals surface area contributed by atoms with Crippen molar-refractivity contribution in [2.24, 2.45) is 0 Å². The Labute approximate surface area is 112 Å². The molecule has 3 nitrogen and oxygen atoms in total. The van der Waals surface area contributed by atoms with Gasteiger partial charge in [0.25, 0.3) is 0 Å². The molecule has 1 aromatic rings. The predicted octanol–water partition coefficient (Wildman–Crippen LogP) is 2.07. The summed E-state index contributed by atoms with van der Waals surface area (Å²) in [6, 6.07) is 6.42. The van der Waals surface area contributed by atoms with Gasteiger partial charge in [0.15, 0.2) is 0 Å². The van der Waals surface area contributed by atoms with E-state index >= 15 is 0 Å². The van der Waals surface area contributed by atoms with Gasteiger partial charge in [0, 0.05) is 49.4 Å². The molecule has 94 valence electrons. The smallest absolute Gasteiger partial charge is 0.0352 e. The molecule has 17 heavy (non-hydrogen) atoms. The molecule has 0 bridgehead atoms. The molecule has 0 spiro atoms. The minimum Gasteiger partial charge on any atom is -0.384 e. The van der Waals surface area contributed by atoms with E-state index in [1.54, 1.807) is 0 Å². The van der Waals surface area contributed by atoms with E-state index in [0.29, 0.717) is 0 Å². The van der Waals surface area contributed by atoms with Gasteiger partial charge >= 0.3 is 0 Å². The summed E-state index contributed by atoms with van der Waals surface area (Å²) < 4.78 is 1.17. The second-order valence-corrected chi connectivity index (χ2v) is 5.34. The van der Waals surface area contributed by atoms with E-state index in [1.165, 1.54) is 28.8 Å². The fourth-order valence-corrected chi connectivity index (χ4v) is 2.37. The number of nitrogens with one attached hydrogen (secondary N) is 2. The Morgan fingerprint density at radius 2 is 2.12 bits per heavy atom. The fourth-order valence-electron chi connectivity index (χ4n) is 2.00. The fraction of sp³-hybridized carbons (Fsp3) is 0.538.